The van der Waals surface area contributed by atoms with Gasteiger partial charge in [-0.05, 0) is 18.1 Å². The number of carbonyl (C=O) groups excluding carboxylic acids is 1. The van der Waals surface area contributed by atoms with E-state index in [0.717, 1.165) is 30.6 Å². The van der Waals surface area contributed by atoms with E-state index in [4.69, 9.17) is 0 Å². The first-order chi connectivity index (χ1) is 11.7. The zero-order valence-electron chi connectivity index (χ0n) is 14.5. The van der Waals surface area contributed by atoms with Crippen molar-refractivity contribution in [1.29, 1.82) is 0 Å². The molecular formula is C19H29N3O2. The maximum atomic E-state index is 12.9. The van der Waals surface area contributed by atoms with Crippen LogP contribution in [0.25, 0.3) is 0 Å². The van der Waals surface area contributed by atoms with Gasteiger partial charge in [-0.15, -0.1) is 0 Å². The number of hydrogen-bond donors (Lipinski definition) is 3. The molecule has 1 aromatic rings. The number of anilines is 1. The lowest BCUT2D eigenvalue weighted by Crippen LogP contribution is -2.46. The van der Waals surface area contributed by atoms with Crippen LogP contribution < -0.4 is 15.8 Å². The second-order valence-electron chi connectivity index (χ2n) is 6.91. The van der Waals surface area contributed by atoms with Crippen LogP contribution in [-0.4, -0.2) is 23.8 Å². The summed E-state index contributed by atoms with van der Waals surface area (Å²) in [5, 5.41) is 10.1. The van der Waals surface area contributed by atoms with Crippen LogP contribution in [-0.2, 0) is 4.79 Å². The lowest BCUT2D eigenvalue weighted by Gasteiger charge is -2.36. The van der Waals surface area contributed by atoms with Crippen molar-refractivity contribution in [2.45, 2.75) is 64.1 Å². The predicted octanol–water partition coefficient (Wildman–Crippen LogP) is 2.87. The molecule has 0 spiro atoms. The molecule has 1 amide bonds. The Morgan fingerprint density at radius 2 is 1.75 bits per heavy atom. The number of hydrazine groups is 1. The van der Waals surface area contributed by atoms with Crippen LogP contribution in [0.1, 0.15) is 63.5 Å². The van der Waals surface area contributed by atoms with Gasteiger partial charge in [-0.1, -0.05) is 63.6 Å². The summed E-state index contributed by atoms with van der Waals surface area (Å²) in [6.45, 7) is 2.97. The normalized spacial score (nSPS) is 25.7. The Hall–Kier alpha value is -1.43. The van der Waals surface area contributed by atoms with Crippen LogP contribution in [0.3, 0.4) is 0 Å². The molecule has 1 fully saturated rings. The zero-order chi connectivity index (χ0) is 16.9. The number of carbonyl (C=O) groups is 1. The molecule has 3 rings (SSSR count). The molecule has 3 N–H and O–H groups in total. The molecule has 0 radical (unpaired) electrons. The average molecular weight is 331 g/mol. The highest BCUT2D eigenvalue weighted by Gasteiger charge is 2.47. The molecule has 0 saturated carbocycles. The summed E-state index contributed by atoms with van der Waals surface area (Å²) in [6.07, 6.45) is 7.77. The van der Waals surface area contributed by atoms with Crippen molar-refractivity contribution in [3.63, 3.8) is 0 Å². The minimum absolute atomic E-state index is 0.0229. The largest absolute Gasteiger partial charge is 0.376 e. The van der Waals surface area contributed by atoms with Gasteiger partial charge in [-0.2, -0.15) is 0 Å². The summed E-state index contributed by atoms with van der Waals surface area (Å²) < 4.78 is 0. The highest BCUT2D eigenvalue weighted by Crippen LogP contribution is 2.40. The topological polar surface area (TPSA) is 64.6 Å². The van der Waals surface area contributed by atoms with Crippen molar-refractivity contribution >= 4 is 11.6 Å². The summed E-state index contributed by atoms with van der Waals surface area (Å²) >= 11 is 0. The summed E-state index contributed by atoms with van der Waals surface area (Å²) in [4.78, 5) is 14.7. The number of fused-ring (bicyclic) bond motifs is 3. The fourth-order valence-electron chi connectivity index (χ4n) is 3.84. The van der Waals surface area contributed by atoms with E-state index in [0.29, 0.717) is 0 Å². The number of aliphatic hydroxyl groups excluding tert-OH is 1. The molecule has 132 valence electrons. The van der Waals surface area contributed by atoms with Crippen molar-refractivity contribution in [2.24, 2.45) is 5.92 Å². The van der Waals surface area contributed by atoms with Crippen LogP contribution in [0.4, 0.5) is 5.69 Å². The Morgan fingerprint density at radius 3 is 2.54 bits per heavy atom. The summed E-state index contributed by atoms with van der Waals surface area (Å²) in [5.41, 5.74) is 7.95. The molecule has 0 aliphatic carbocycles. The number of nitrogens with zero attached hydrogens (tertiary/aromatic N) is 1. The lowest BCUT2D eigenvalue weighted by molar-refractivity contribution is -0.126. The van der Waals surface area contributed by atoms with Gasteiger partial charge in [0.2, 0.25) is 5.91 Å². The fourth-order valence-corrected chi connectivity index (χ4v) is 3.84. The summed E-state index contributed by atoms with van der Waals surface area (Å²) in [6, 6.07) is 7.88. The van der Waals surface area contributed by atoms with E-state index in [2.05, 4.69) is 17.8 Å². The van der Waals surface area contributed by atoms with Crippen LogP contribution >= 0.6 is 0 Å². The van der Waals surface area contributed by atoms with E-state index in [1.54, 1.807) is 0 Å². The molecule has 0 aromatic heterocycles. The smallest absolute Gasteiger partial charge is 0.236 e. The van der Waals surface area contributed by atoms with Gasteiger partial charge in [-0.25, -0.2) is 10.9 Å². The van der Waals surface area contributed by atoms with Crippen LogP contribution in [0, 0.1) is 5.92 Å². The molecule has 0 bridgehead atoms. The second kappa shape index (κ2) is 8.10. The minimum Gasteiger partial charge on any atom is -0.376 e. The van der Waals surface area contributed by atoms with Crippen molar-refractivity contribution < 1.29 is 9.90 Å². The predicted molar refractivity (Wildman–Crippen MR) is 95.3 cm³/mol. The average Bonchev–Trinajstić information content (AvgIpc) is 2.99. The first-order valence-electron chi connectivity index (χ1n) is 9.33. The maximum Gasteiger partial charge on any atom is 0.236 e. The summed E-state index contributed by atoms with van der Waals surface area (Å²) in [7, 11) is 0. The van der Waals surface area contributed by atoms with Crippen molar-refractivity contribution in [3.8, 4) is 0 Å². The maximum absolute atomic E-state index is 12.9. The number of para-hydroxylation sites is 1. The lowest BCUT2D eigenvalue weighted by atomic mass is 9.87. The molecule has 5 nitrogen and oxygen atoms in total. The third-order valence-corrected chi connectivity index (χ3v) is 5.19. The fraction of sp³-hybridized carbons (Fsp3) is 0.632. The van der Waals surface area contributed by atoms with E-state index < -0.39 is 12.1 Å². The Kier molecular flexibility index (Phi) is 5.87. The SMILES string of the molecule is CCCCCCCCCN1C(=O)C2C(O)NNC2c2ccccc21. The van der Waals surface area contributed by atoms with Gasteiger partial charge < -0.3 is 10.0 Å². The third-order valence-electron chi connectivity index (χ3n) is 5.19. The van der Waals surface area contributed by atoms with E-state index >= 15 is 0 Å². The van der Waals surface area contributed by atoms with Crippen LogP contribution in [0.2, 0.25) is 0 Å². The number of aliphatic hydroxyl groups is 1. The molecule has 1 saturated heterocycles. The van der Waals surface area contributed by atoms with E-state index in [1.165, 1.54) is 32.1 Å². The van der Waals surface area contributed by atoms with Crippen molar-refractivity contribution in [2.75, 3.05) is 11.4 Å². The molecule has 1 aromatic carbocycles. The second-order valence-corrected chi connectivity index (χ2v) is 6.91. The Labute approximate surface area is 144 Å². The Bertz CT molecular complexity index is 563. The van der Waals surface area contributed by atoms with Crippen LogP contribution in [0.15, 0.2) is 24.3 Å². The van der Waals surface area contributed by atoms with E-state index in [9.17, 15) is 9.90 Å². The molecule has 5 heteroatoms. The molecule has 2 aliphatic heterocycles. The number of amides is 1. The monoisotopic (exact) mass is 331 g/mol. The first-order valence-corrected chi connectivity index (χ1v) is 9.33. The standard InChI is InChI=1S/C19H29N3O2/c1-2-3-4-5-6-7-10-13-22-15-12-9-8-11-14(15)17-16(19(22)24)18(23)21-20-17/h8-9,11-12,16-18,20-21,23H,2-7,10,13H2,1H3. The third kappa shape index (κ3) is 3.48. The molecule has 3 unspecified atom stereocenters. The van der Waals surface area contributed by atoms with Crippen molar-refractivity contribution in [1.82, 2.24) is 10.9 Å². The molecule has 3 atom stereocenters. The van der Waals surface area contributed by atoms with Crippen molar-refractivity contribution in [3.05, 3.63) is 29.8 Å². The molecular weight excluding hydrogens is 302 g/mol. The van der Waals surface area contributed by atoms with Gasteiger partial charge in [0.15, 0.2) is 0 Å². The van der Waals surface area contributed by atoms with Gasteiger partial charge in [-0.3, -0.25) is 4.79 Å². The van der Waals surface area contributed by atoms with Gasteiger partial charge in [0, 0.05) is 12.2 Å². The molecule has 2 aliphatic rings. The Morgan fingerprint density at radius 1 is 1.04 bits per heavy atom. The number of hydrogen-bond acceptors (Lipinski definition) is 4. The van der Waals surface area contributed by atoms with Gasteiger partial charge >= 0.3 is 0 Å². The number of nitrogens with one attached hydrogen (secondary N) is 2. The Balaban J connectivity index is 1.62. The summed E-state index contributed by atoms with van der Waals surface area (Å²) in [5.74, 6) is -0.417. The van der Waals surface area contributed by atoms with E-state index in [1.807, 2.05) is 29.2 Å². The van der Waals surface area contributed by atoms with Crippen LogP contribution in [0.5, 0.6) is 0 Å². The first kappa shape index (κ1) is 17.4. The molecule has 24 heavy (non-hydrogen) atoms. The minimum atomic E-state index is -0.826. The van der Waals surface area contributed by atoms with Gasteiger partial charge in [0.1, 0.15) is 6.23 Å². The number of benzene rings is 1. The zero-order valence-corrected chi connectivity index (χ0v) is 14.5. The van der Waals surface area contributed by atoms with Gasteiger partial charge in [0.25, 0.3) is 0 Å². The number of rotatable bonds is 8. The quantitative estimate of drug-likeness (QED) is 0.641. The molecule has 2 heterocycles. The highest BCUT2D eigenvalue weighted by molar-refractivity contribution is 5.99. The van der Waals surface area contributed by atoms with Gasteiger partial charge in [0.05, 0.1) is 12.0 Å². The van der Waals surface area contributed by atoms with E-state index in [-0.39, 0.29) is 11.9 Å². The number of unbranched alkanes of at least 4 members (excludes halogenated alkanes) is 6. The highest BCUT2D eigenvalue weighted by atomic mass is 16.3.